The van der Waals surface area contributed by atoms with E-state index in [2.05, 4.69) is 148 Å². The van der Waals surface area contributed by atoms with E-state index in [1.54, 1.807) is 0 Å². The average Bonchev–Trinajstić information content (AvgIpc) is 3.66. The van der Waals surface area contributed by atoms with Gasteiger partial charge in [-0.15, -0.1) is 0 Å². The van der Waals surface area contributed by atoms with Gasteiger partial charge in [0.1, 0.15) is 11.5 Å². The van der Waals surface area contributed by atoms with Crippen molar-refractivity contribution in [1.82, 2.24) is 0 Å². The molecule has 11 rings (SSSR count). The van der Waals surface area contributed by atoms with Crippen LogP contribution in [0.3, 0.4) is 0 Å². The predicted molar refractivity (Wildman–Crippen MR) is 204 cm³/mol. The van der Waals surface area contributed by atoms with Crippen LogP contribution in [-0.2, 0) is 16.2 Å². The number of rotatable bonds is 4. The second-order valence-electron chi connectivity index (χ2n) is 18.0. The summed E-state index contributed by atoms with van der Waals surface area (Å²) in [6, 6.07) is 43.4. The Hall–Kier alpha value is -4.30. The molecule has 50 heavy (non-hydrogen) atoms. The highest BCUT2D eigenvalue weighted by Gasteiger charge is 2.84. The van der Waals surface area contributed by atoms with Crippen molar-refractivity contribution in [3.8, 4) is 22.6 Å². The molecule has 250 valence electrons. The first-order valence-corrected chi connectivity index (χ1v) is 19.2. The molecule has 2 bridgehead atoms. The Labute approximate surface area is 297 Å². The van der Waals surface area contributed by atoms with Crippen LogP contribution in [0.2, 0.25) is 0 Å². The van der Waals surface area contributed by atoms with E-state index >= 15 is 0 Å². The second-order valence-corrected chi connectivity index (χ2v) is 18.0. The van der Waals surface area contributed by atoms with Crippen LogP contribution in [0.25, 0.3) is 11.1 Å². The van der Waals surface area contributed by atoms with Gasteiger partial charge in [0, 0.05) is 27.9 Å². The number of fused-ring (bicyclic) bond motifs is 8. The van der Waals surface area contributed by atoms with Gasteiger partial charge >= 0.3 is 0 Å². The highest BCUT2D eigenvalue weighted by atomic mass is 16.5. The van der Waals surface area contributed by atoms with Gasteiger partial charge in [-0.2, -0.15) is 0 Å². The number of hydrogen-bond donors (Lipinski definition) is 0. The molecule has 0 N–H and O–H groups in total. The molecule has 4 fully saturated rings. The zero-order valence-electron chi connectivity index (χ0n) is 29.9. The van der Waals surface area contributed by atoms with Crippen molar-refractivity contribution in [2.45, 2.75) is 82.5 Å². The summed E-state index contributed by atoms with van der Waals surface area (Å²) in [6.07, 6.45) is 8.02. The lowest BCUT2D eigenvalue weighted by Crippen LogP contribution is -2.74. The molecule has 1 aliphatic heterocycles. The zero-order valence-corrected chi connectivity index (χ0v) is 29.9. The molecule has 0 saturated heterocycles. The van der Waals surface area contributed by atoms with Crippen LogP contribution in [0.1, 0.15) is 88.5 Å². The smallest absolute Gasteiger partial charge is 0.132 e. The zero-order chi connectivity index (χ0) is 33.6. The Balaban J connectivity index is 1.17. The van der Waals surface area contributed by atoms with E-state index < -0.39 is 0 Å². The summed E-state index contributed by atoms with van der Waals surface area (Å²) in [5.41, 5.74) is 13.0. The maximum absolute atomic E-state index is 7.04. The van der Waals surface area contributed by atoms with Gasteiger partial charge in [0.25, 0.3) is 0 Å². The van der Waals surface area contributed by atoms with Gasteiger partial charge in [-0.1, -0.05) is 100 Å². The van der Waals surface area contributed by atoms with Gasteiger partial charge in [-0.25, -0.2) is 0 Å². The van der Waals surface area contributed by atoms with Crippen molar-refractivity contribution in [3.63, 3.8) is 0 Å². The fourth-order valence-corrected chi connectivity index (χ4v) is 13.1. The van der Waals surface area contributed by atoms with E-state index in [9.17, 15) is 0 Å². The van der Waals surface area contributed by atoms with Gasteiger partial charge in [0.2, 0.25) is 0 Å². The number of para-hydroxylation sites is 1. The van der Waals surface area contributed by atoms with Crippen LogP contribution in [-0.4, -0.2) is 0 Å². The lowest BCUT2D eigenvalue weighted by atomic mass is 9.26. The maximum atomic E-state index is 7.04. The fourth-order valence-electron chi connectivity index (χ4n) is 13.1. The largest absolute Gasteiger partial charge is 0.457 e. The van der Waals surface area contributed by atoms with Crippen LogP contribution in [0, 0.1) is 29.1 Å². The Bertz CT molecular complexity index is 2200. The molecule has 6 unspecified atom stereocenters. The molecule has 2 heteroatoms. The van der Waals surface area contributed by atoms with E-state index in [1.807, 2.05) is 0 Å². The molecule has 4 saturated carbocycles. The van der Waals surface area contributed by atoms with Crippen molar-refractivity contribution in [2.75, 3.05) is 4.90 Å². The highest BCUT2D eigenvalue weighted by Crippen LogP contribution is 2.89. The van der Waals surface area contributed by atoms with Crippen molar-refractivity contribution in [2.24, 2.45) is 29.1 Å². The molecule has 5 aromatic rings. The third-order valence-electron chi connectivity index (χ3n) is 15.0. The summed E-state index contributed by atoms with van der Waals surface area (Å²) in [5.74, 6) is 5.30. The van der Waals surface area contributed by atoms with Crippen molar-refractivity contribution in [1.29, 1.82) is 0 Å². The first-order chi connectivity index (χ1) is 24.2. The third-order valence-corrected chi connectivity index (χ3v) is 15.0. The van der Waals surface area contributed by atoms with Crippen molar-refractivity contribution >= 4 is 17.1 Å². The highest BCUT2D eigenvalue weighted by molar-refractivity contribution is 5.84. The quantitative estimate of drug-likeness (QED) is 0.191. The van der Waals surface area contributed by atoms with Gasteiger partial charge in [0.15, 0.2) is 0 Å². The number of anilines is 3. The molecule has 6 aliphatic rings. The lowest BCUT2D eigenvalue weighted by Gasteiger charge is -2.77. The van der Waals surface area contributed by atoms with E-state index in [-0.39, 0.29) is 16.2 Å². The SMILES string of the molecule is CC1(C)CCC(C)(C)c2c(N(c3ccccc3)c3ccc4c(c3)C3(c5c(cccc5-c5ccccc5)O4)C4CC5CC6CC3C64C5)cccc21. The first-order valence-electron chi connectivity index (χ1n) is 19.2. The molecule has 5 aromatic carbocycles. The molecule has 5 aliphatic carbocycles. The summed E-state index contributed by atoms with van der Waals surface area (Å²) >= 11 is 0. The van der Waals surface area contributed by atoms with Gasteiger partial charge < -0.3 is 9.64 Å². The Kier molecular flexibility index (Phi) is 5.72. The molecule has 2 spiro atoms. The monoisotopic (exact) mass is 653 g/mol. The minimum Gasteiger partial charge on any atom is -0.457 e. The molecule has 6 atom stereocenters. The Morgan fingerprint density at radius 1 is 0.600 bits per heavy atom. The lowest BCUT2D eigenvalue weighted by molar-refractivity contribution is -0.234. The van der Waals surface area contributed by atoms with E-state index in [0.29, 0.717) is 17.3 Å². The molecule has 0 aromatic heterocycles. The van der Waals surface area contributed by atoms with Gasteiger partial charge in [0.05, 0.1) is 5.69 Å². The number of nitrogens with zero attached hydrogens (tertiary/aromatic N) is 1. The molecule has 0 radical (unpaired) electrons. The van der Waals surface area contributed by atoms with Crippen LogP contribution in [0.15, 0.2) is 115 Å². The van der Waals surface area contributed by atoms with Gasteiger partial charge in [-0.3, -0.25) is 0 Å². The Morgan fingerprint density at radius 3 is 2.14 bits per heavy atom. The summed E-state index contributed by atoms with van der Waals surface area (Å²) in [7, 11) is 0. The molecule has 2 nitrogen and oxygen atoms in total. The van der Waals surface area contributed by atoms with Crippen molar-refractivity contribution < 1.29 is 4.74 Å². The standard InChI is InChI=1S/C48H47NO/c1-45(2)23-24-46(3,4)44-36(45)18-12-19-38(44)49(33-15-9-6-10-16-33)34-21-22-39-37(28-34)48(41-26-30-25-32-27-42(48)47(32,41)29-30)43-35(17-11-20-40(43)50-39)31-13-7-5-8-14-31/h5-22,28,30,32,41-42H,23-27,29H2,1-4H3. The van der Waals surface area contributed by atoms with Crippen LogP contribution in [0.5, 0.6) is 11.5 Å². The molecular formula is C48H47NO. The molecule has 1 heterocycles. The first kappa shape index (κ1) is 29.4. The third kappa shape index (κ3) is 3.51. The minimum absolute atomic E-state index is 0.0310. The number of ether oxygens (including phenoxy) is 1. The topological polar surface area (TPSA) is 12.5 Å². The van der Waals surface area contributed by atoms with E-state index in [0.717, 1.165) is 23.3 Å². The summed E-state index contributed by atoms with van der Waals surface area (Å²) in [4.78, 5) is 2.58. The maximum Gasteiger partial charge on any atom is 0.132 e. The summed E-state index contributed by atoms with van der Waals surface area (Å²) < 4.78 is 7.04. The van der Waals surface area contributed by atoms with Crippen LogP contribution < -0.4 is 9.64 Å². The minimum atomic E-state index is -0.0310. The van der Waals surface area contributed by atoms with Crippen molar-refractivity contribution in [3.05, 3.63) is 138 Å². The number of benzene rings is 5. The Morgan fingerprint density at radius 2 is 1.34 bits per heavy atom. The average molecular weight is 654 g/mol. The molecule has 0 amide bonds. The van der Waals surface area contributed by atoms with E-state index in [1.165, 1.54) is 89.0 Å². The number of hydrogen-bond acceptors (Lipinski definition) is 2. The van der Waals surface area contributed by atoms with Gasteiger partial charge in [-0.05, 0) is 143 Å². The van der Waals surface area contributed by atoms with Crippen LogP contribution >= 0.6 is 0 Å². The predicted octanol–water partition coefficient (Wildman–Crippen LogP) is 12.6. The summed E-state index contributed by atoms with van der Waals surface area (Å²) in [6.45, 7) is 9.79. The summed E-state index contributed by atoms with van der Waals surface area (Å²) in [5, 5.41) is 0. The van der Waals surface area contributed by atoms with E-state index in [4.69, 9.17) is 4.74 Å². The normalized spacial score (nSPS) is 31.0. The molecular weight excluding hydrogens is 607 g/mol. The second kappa shape index (κ2) is 9.72. The fraction of sp³-hybridized carbons (Fsp3) is 0.375. The van der Waals surface area contributed by atoms with Crippen LogP contribution in [0.4, 0.5) is 17.1 Å².